The Bertz CT molecular complexity index is 1270. The first-order valence-electron chi connectivity index (χ1n) is 10.5. The van der Waals surface area contributed by atoms with Gasteiger partial charge >= 0.3 is 6.03 Å². The number of nitrogens with one attached hydrogen (secondary N) is 1. The molecule has 11 heteroatoms. The Morgan fingerprint density at radius 1 is 1.30 bits per heavy atom. The summed E-state index contributed by atoms with van der Waals surface area (Å²) in [6, 6.07) is -0.710. The fourth-order valence-electron chi connectivity index (χ4n) is 3.53. The highest BCUT2D eigenvalue weighted by molar-refractivity contribution is 7.93. The maximum absolute atomic E-state index is 13.3. The molecule has 1 fully saturated rings. The van der Waals surface area contributed by atoms with Crippen LogP contribution in [0.1, 0.15) is 25.3 Å². The van der Waals surface area contributed by atoms with Crippen LogP contribution in [0, 0.1) is 17.8 Å². The lowest BCUT2D eigenvalue weighted by atomic mass is 9.89. The number of hydrogen-bond donors (Lipinski definition) is 1. The van der Waals surface area contributed by atoms with Gasteiger partial charge in [-0.25, -0.2) is 17.9 Å². The minimum Gasteiger partial charge on any atom is -0.299 e. The van der Waals surface area contributed by atoms with E-state index < -0.39 is 33.4 Å². The Morgan fingerprint density at radius 3 is 2.64 bits per heavy atom. The molecule has 2 aliphatic carbocycles. The zero-order valence-corrected chi connectivity index (χ0v) is 19.8. The molecule has 33 heavy (non-hydrogen) atoms. The molecule has 1 saturated carbocycles. The first-order chi connectivity index (χ1) is 15.5. The summed E-state index contributed by atoms with van der Waals surface area (Å²) in [5, 5.41) is 4.06. The number of aliphatic imine (C=N–C) groups is 1. The van der Waals surface area contributed by atoms with E-state index in [4.69, 9.17) is 0 Å². The normalized spacial score (nSPS) is 21.7. The largest absolute Gasteiger partial charge is 0.350 e. The highest BCUT2D eigenvalue weighted by Gasteiger charge is 2.44. The molecule has 0 radical (unpaired) electrons. The molecule has 3 amide bonds. The van der Waals surface area contributed by atoms with Crippen LogP contribution in [-0.4, -0.2) is 71.8 Å². The number of imide groups is 1. The van der Waals surface area contributed by atoms with Gasteiger partial charge in [0.05, 0.1) is 29.9 Å². The molecule has 4 rings (SSSR count). The van der Waals surface area contributed by atoms with Gasteiger partial charge in [-0.3, -0.25) is 19.3 Å². The molecule has 10 nitrogen and oxygen atoms in total. The summed E-state index contributed by atoms with van der Waals surface area (Å²) in [5.41, 5.74) is 0.622. The average molecular weight is 471 g/mol. The van der Waals surface area contributed by atoms with Gasteiger partial charge < -0.3 is 0 Å². The van der Waals surface area contributed by atoms with E-state index in [0.717, 1.165) is 17.7 Å². The number of nitrogens with zero attached hydrogens (tertiary/aromatic N) is 5. The van der Waals surface area contributed by atoms with Crippen molar-refractivity contribution in [3.63, 3.8) is 0 Å². The number of aromatic nitrogens is 2. The van der Waals surface area contributed by atoms with Crippen molar-refractivity contribution in [3.05, 3.63) is 40.6 Å². The number of hydrogen-bond acceptors (Lipinski definition) is 6. The van der Waals surface area contributed by atoms with Gasteiger partial charge in [-0.05, 0) is 46.0 Å². The van der Waals surface area contributed by atoms with E-state index in [2.05, 4.69) is 26.7 Å². The predicted molar refractivity (Wildman–Crippen MR) is 122 cm³/mol. The van der Waals surface area contributed by atoms with Gasteiger partial charge in [0.1, 0.15) is 5.92 Å². The Kier molecular flexibility index (Phi) is 5.86. The van der Waals surface area contributed by atoms with Crippen molar-refractivity contribution in [2.75, 3.05) is 20.6 Å². The van der Waals surface area contributed by atoms with E-state index in [1.165, 1.54) is 12.2 Å². The molecule has 0 spiro atoms. The number of sulfonamides is 1. The van der Waals surface area contributed by atoms with Crippen LogP contribution < -0.4 is 4.72 Å². The van der Waals surface area contributed by atoms with E-state index in [1.54, 1.807) is 24.1 Å². The molecule has 1 aliphatic heterocycles. The molecule has 1 N–H and O–H groups in total. The van der Waals surface area contributed by atoms with Crippen molar-refractivity contribution < 1.29 is 18.0 Å². The Labute approximate surface area is 193 Å². The number of rotatable bonds is 6. The van der Waals surface area contributed by atoms with Gasteiger partial charge in [-0.15, -0.1) is 0 Å². The number of urea groups is 1. The van der Waals surface area contributed by atoms with Crippen LogP contribution in [0.15, 0.2) is 40.0 Å². The summed E-state index contributed by atoms with van der Waals surface area (Å²) < 4.78 is 30.4. The molecule has 0 bridgehead atoms. The second-order valence-corrected chi connectivity index (χ2v) is 10.7. The third kappa shape index (κ3) is 4.98. The first-order valence-corrected chi connectivity index (χ1v) is 12.0. The van der Waals surface area contributed by atoms with Crippen molar-refractivity contribution in [2.24, 2.45) is 18.0 Å². The number of aryl methyl sites for hydroxylation is 1. The van der Waals surface area contributed by atoms with Gasteiger partial charge in [0.15, 0.2) is 0 Å². The van der Waals surface area contributed by atoms with Crippen LogP contribution >= 0.6 is 0 Å². The molecule has 1 aromatic heterocycles. The minimum absolute atomic E-state index is 0.00358. The number of fused-ring (bicyclic) bond motifs is 1. The zero-order valence-electron chi connectivity index (χ0n) is 19.0. The second kappa shape index (κ2) is 8.37. The fourth-order valence-corrected chi connectivity index (χ4v) is 5.09. The van der Waals surface area contributed by atoms with Crippen molar-refractivity contribution in [1.82, 2.24) is 24.3 Å². The van der Waals surface area contributed by atoms with Gasteiger partial charge in [-0.1, -0.05) is 11.8 Å². The van der Waals surface area contributed by atoms with Crippen molar-refractivity contribution in [1.29, 1.82) is 0 Å². The van der Waals surface area contributed by atoms with E-state index >= 15 is 0 Å². The molecule has 1 aromatic rings. The quantitative estimate of drug-likeness (QED) is 0.615. The van der Waals surface area contributed by atoms with Gasteiger partial charge in [0.2, 0.25) is 15.9 Å². The van der Waals surface area contributed by atoms with E-state index in [9.17, 15) is 18.0 Å². The summed E-state index contributed by atoms with van der Waals surface area (Å²) in [6.07, 6.45) is 7.51. The van der Waals surface area contributed by atoms with Crippen LogP contribution in [0.5, 0.6) is 0 Å². The van der Waals surface area contributed by atoms with E-state index in [-0.39, 0.29) is 22.7 Å². The van der Waals surface area contributed by atoms with Gasteiger partial charge in [0, 0.05) is 29.9 Å². The smallest absolute Gasteiger partial charge is 0.299 e. The first kappa shape index (κ1) is 23.1. The lowest BCUT2D eigenvalue weighted by Gasteiger charge is -2.30. The number of amides is 3. The summed E-state index contributed by atoms with van der Waals surface area (Å²) in [7, 11) is 1.56. The third-order valence-electron chi connectivity index (χ3n) is 5.58. The number of allylic oxidation sites excluding steroid dienone is 2. The molecule has 0 aromatic carbocycles. The Balaban J connectivity index is 1.72. The topological polar surface area (TPSA) is 117 Å². The minimum atomic E-state index is -3.88. The van der Waals surface area contributed by atoms with Crippen LogP contribution in [0.4, 0.5) is 4.79 Å². The Hall–Kier alpha value is -3.07. The standard InChI is InChI=1S/C22H26N6O4S/c1-22(7-8-22)25-33(31,32)17-10-16(6-5-9-26(2)3)19-18(11-17)20(29)28(21(30)24-19)14-15-12-23-27(4)13-15/h10-13,18,25H,7-9,14H2,1-4H3. The van der Waals surface area contributed by atoms with Crippen LogP contribution in [0.2, 0.25) is 0 Å². The summed E-state index contributed by atoms with van der Waals surface area (Å²) in [6.45, 7) is 2.26. The molecule has 3 aliphatic rings. The van der Waals surface area contributed by atoms with Crippen molar-refractivity contribution in [3.8, 4) is 11.8 Å². The lowest BCUT2D eigenvalue weighted by molar-refractivity contribution is -0.129. The van der Waals surface area contributed by atoms with Gasteiger partial charge in [0.25, 0.3) is 0 Å². The molecular formula is C22H26N6O4S. The maximum Gasteiger partial charge on any atom is 0.350 e. The van der Waals surface area contributed by atoms with Crippen LogP contribution in [0.3, 0.4) is 0 Å². The van der Waals surface area contributed by atoms with Crippen molar-refractivity contribution in [2.45, 2.75) is 31.8 Å². The van der Waals surface area contributed by atoms with Crippen LogP contribution in [0.25, 0.3) is 0 Å². The van der Waals surface area contributed by atoms with E-state index in [1.807, 2.05) is 25.9 Å². The second-order valence-electron chi connectivity index (χ2n) is 9.04. The molecule has 1 unspecified atom stereocenters. The molecular weight excluding hydrogens is 444 g/mol. The van der Waals surface area contributed by atoms with Crippen molar-refractivity contribution >= 4 is 27.7 Å². The fraction of sp³-hybridized carbons (Fsp3) is 0.455. The predicted octanol–water partition coefficient (Wildman–Crippen LogP) is 0.800. The zero-order chi connectivity index (χ0) is 24.0. The number of carbonyl (C=O) groups excluding carboxylic acids is 2. The molecule has 174 valence electrons. The molecule has 2 heterocycles. The monoisotopic (exact) mass is 470 g/mol. The molecule has 1 atom stereocenters. The SMILES string of the molecule is CN(C)CC#CC1=CC(S(=O)(=O)NC2(C)CC2)=CC2C(=O)N(Cc3cnn(C)c3)C(=O)N=C12. The lowest BCUT2D eigenvalue weighted by Crippen LogP contribution is -2.47. The molecule has 0 saturated heterocycles. The summed E-state index contributed by atoms with van der Waals surface area (Å²) in [4.78, 5) is 33.0. The highest BCUT2D eigenvalue weighted by atomic mass is 32.2. The van der Waals surface area contributed by atoms with Gasteiger partial charge in [-0.2, -0.15) is 10.1 Å². The van der Waals surface area contributed by atoms with E-state index in [0.29, 0.717) is 12.1 Å². The highest BCUT2D eigenvalue weighted by Crippen LogP contribution is 2.37. The average Bonchev–Trinajstić information content (AvgIpc) is 3.29. The number of carbonyl (C=O) groups is 2. The van der Waals surface area contributed by atoms with Crippen LogP contribution in [-0.2, 0) is 28.4 Å². The maximum atomic E-state index is 13.3. The third-order valence-corrected chi connectivity index (χ3v) is 7.21. The summed E-state index contributed by atoms with van der Waals surface area (Å²) in [5.74, 6) is 4.29. The summed E-state index contributed by atoms with van der Waals surface area (Å²) >= 11 is 0. The Morgan fingerprint density at radius 2 is 2.03 bits per heavy atom.